The maximum Gasteiger partial charge on any atom is 0.306 e. The molecule has 0 unspecified atom stereocenters. The fourth-order valence-electron chi connectivity index (χ4n) is 10.2. The van der Waals surface area contributed by atoms with E-state index in [-0.39, 0.29) is 77.4 Å². The van der Waals surface area contributed by atoms with Gasteiger partial charge in [-0.05, 0) is 96.8 Å². The van der Waals surface area contributed by atoms with E-state index in [9.17, 15) is 9.59 Å². The van der Waals surface area contributed by atoms with Gasteiger partial charge in [-0.3, -0.25) is 14.2 Å². The summed E-state index contributed by atoms with van der Waals surface area (Å²) in [4.78, 5) is 32.8. The number of carbonyl (C=O) groups is 2. The van der Waals surface area contributed by atoms with Gasteiger partial charge in [-0.2, -0.15) is 0 Å². The smallest absolute Gasteiger partial charge is 0.306 e. The van der Waals surface area contributed by atoms with Crippen molar-refractivity contribution in [3.63, 3.8) is 0 Å². The summed E-state index contributed by atoms with van der Waals surface area (Å²) >= 11 is 9.80. The Labute approximate surface area is 366 Å². The average molecular weight is 916 g/mol. The minimum atomic E-state index is -0.812. The number of esters is 1. The summed E-state index contributed by atoms with van der Waals surface area (Å²) in [6.07, 6.45) is 8.55. The number of rotatable bonds is 11. The molecule has 0 bridgehead atoms. The van der Waals surface area contributed by atoms with Crippen molar-refractivity contribution in [3.8, 4) is 5.75 Å². The Balaban J connectivity index is 1.21. The summed E-state index contributed by atoms with van der Waals surface area (Å²) in [7, 11) is 6.49. The van der Waals surface area contributed by atoms with Crippen LogP contribution < -0.4 is 4.74 Å². The van der Waals surface area contributed by atoms with Gasteiger partial charge in [0.2, 0.25) is 0 Å². The molecule has 7 rings (SSSR count). The van der Waals surface area contributed by atoms with Crippen LogP contribution in [0.4, 0.5) is 0 Å². The molecule has 0 amide bonds. The zero-order valence-corrected chi connectivity index (χ0v) is 37.9. The first-order chi connectivity index (χ1) is 29.0. The third kappa shape index (κ3) is 9.34. The number of cyclic esters (lactones) is 1. The van der Waals surface area contributed by atoms with Gasteiger partial charge in [-0.15, -0.1) is 0 Å². The molecular weight excluding hydrogens is 856 g/mol. The molecule has 0 N–H and O–H groups in total. The van der Waals surface area contributed by atoms with E-state index >= 15 is 0 Å². The van der Waals surface area contributed by atoms with Gasteiger partial charge in [0.25, 0.3) is 5.17 Å². The van der Waals surface area contributed by atoms with Crippen LogP contribution in [-0.2, 0) is 54.1 Å². The molecule has 5 aliphatic rings. The number of benzene rings is 1. The Kier molecular flexibility index (Phi) is 15.0. The Morgan fingerprint density at radius 1 is 0.950 bits per heavy atom. The molecule has 3 aliphatic carbocycles. The maximum atomic E-state index is 14.9. The molecule has 0 radical (unpaired) electrons. The van der Waals surface area contributed by atoms with Crippen molar-refractivity contribution in [2.45, 2.75) is 121 Å². The number of carbonyl (C=O) groups excluding carboxylic acids is 2. The van der Waals surface area contributed by atoms with E-state index in [0.717, 1.165) is 22.2 Å². The molecule has 1 aromatic heterocycles. The molecule has 60 heavy (non-hydrogen) atoms. The topological polar surface area (TPSA) is 135 Å². The molecule has 0 spiro atoms. The summed E-state index contributed by atoms with van der Waals surface area (Å²) in [6.45, 7) is 6.30. The molecule has 1 saturated carbocycles. The summed E-state index contributed by atoms with van der Waals surface area (Å²) in [6, 6.07) is 7.78. The number of thiocarbonyl (C=S) groups is 1. The summed E-state index contributed by atoms with van der Waals surface area (Å²) < 4.78 is 58.3. The van der Waals surface area contributed by atoms with Gasteiger partial charge in [0.1, 0.15) is 42.6 Å². The zero-order valence-electron chi connectivity index (χ0n) is 35.5. The minimum absolute atomic E-state index is 0.00124. The van der Waals surface area contributed by atoms with Gasteiger partial charge in [-0.1, -0.05) is 54.1 Å². The van der Waals surface area contributed by atoms with Crippen molar-refractivity contribution >= 4 is 45.1 Å². The highest BCUT2D eigenvalue weighted by Gasteiger charge is 2.58. The Hall–Kier alpha value is -3.02. The highest BCUT2D eigenvalue weighted by molar-refractivity contribution is 9.11. The first-order valence-corrected chi connectivity index (χ1v) is 22.3. The SMILES string of the molecule is CC[C@H]1CCC[C@H](OCc2ccc(OC)cc2)[C@@H](C)C(=O)C2=C[C@@H]3[C@@H](C=C(Br)[C@H]4[C@H]3C[C@H](O[C@@H]3O[C@@H](C)[C@H](OC)[C@@H](OC)[C@H]3OC)[C@@H]4OC(=S)n3ccnc3)[C@@H]2CC(=O)O1. The largest absolute Gasteiger partial charge is 0.497 e. The fraction of sp³-hybridized carbons (Fsp3) is 0.644. The molecular formula is C45H59BrN2O11S. The molecule has 328 valence electrons. The Bertz CT molecular complexity index is 1860. The molecule has 15 heteroatoms. The van der Waals surface area contributed by atoms with Gasteiger partial charge in [-0.25, -0.2) is 4.98 Å². The predicted octanol–water partition coefficient (Wildman–Crippen LogP) is 6.99. The van der Waals surface area contributed by atoms with Crippen LogP contribution in [-0.4, -0.2) is 110 Å². The quantitative estimate of drug-likeness (QED) is 0.170. The number of ether oxygens (including phenoxy) is 9. The number of nitrogens with zero attached hydrogens (tertiary/aromatic N) is 2. The average Bonchev–Trinajstić information content (AvgIpc) is 4.00. The maximum absolute atomic E-state index is 14.9. The highest BCUT2D eigenvalue weighted by Crippen LogP contribution is 2.58. The fourth-order valence-corrected chi connectivity index (χ4v) is 11.3. The lowest BCUT2D eigenvalue weighted by molar-refractivity contribution is -0.318. The number of halogens is 1. The van der Waals surface area contributed by atoms with Crippen molar-refractivity contribution in [2.75, 3.05) is 28.4 Å². The molecule has 2 saturated heterocycles. The molecule has 15 atom stereocenters. The second-order valence-electron chi connectivity index (χ2n) is 16.7. The van der Waals surface area contributed by atoms with Crippen LogP contribution in [0.3, 0.4) is 0 Å². The summed E-state index contributed by atoms with van der Waals surface area (Å²) in [5.41, 5.74) is 1.65. The van der Waals surface area contributed by atoms with Crippen LogP contribution in [0.15, 0.2) is 65.2 Å². The highest BCUT2D eigenvalue weighted by atomic mass is 79.9. The lowest BCUT2D eigenvalue weighted by Crippen LogP contribution is -2.60. The third-order valence-electron chi connectivity index (χ3n) is 13.4. The molecule has 3 fully saturated rings. The number of imidazole rings is 1. The number of allylic oxidation sites excluding steroid dienone is 3. The number of Topliss-reactive ketones (excluding diaryl/α,β-unsaturated/α-hetero) is 1. The summed E-state index contributed by atoms with van der Waals surface area (Å²) in [5, 5.41) is 0.230. The number of fused-ring (bicyclic) bond motifs is 5. The van der Waals surface area contributed by atoms with Crippen LogP contribution in [0.5, 0.6) is 5.75 Å². The number of methoxy groups -OCH3 is 4. The minimum Gasteiger partial charge on any atom is -0.497 e. The number of aromatic nitrogens is 2. The standard InChI is InChI=1S/C45H59BrN2O11S/c1-8-27-10-9-11-35(55-22-26-12-14-28(51-4)15-13-26)24(2)39(50)33-18-29-30(31(33)21-37(49)57-27)19-34(46)38-32(29)20-36(41(38)59-45(60)48-17-16-47-23-48)58-44-43(54-7)42(53-6)40(52-5)25(3)56-44/h12-19,23-25,27,29-32,35-36,38,40-44H,8-11,20-22H2,1-7H3/t24-,25+,27+,29-,30-,31+,32+,35+,36+,38-,40+,41+,42-,43-,44+/m1/s1. The van der Waals surface area contributed by atoms with E-state index in [1.165, 1.54) is 0 Å². The van der Waals surface area contributed by atoms with Gasteiger partial charge in [0.15, 0.2) is 12.1 Å². The van der Waals surface area contributed by atoms with Gasteiger partial charge in [0, 0.05) is 51.5 Å². The molecule has 2 aliphatic heterocycles. The van der Waals surface area contributed by atoms with E-state index in [0.29, 0.717) is 37.9 Å². The van der Waals surface area contributed by atoms with Crippen LogP contribution in [0.1, 0.15) is 64.9 Å². The lowest BCUT2D eigenvalue weighted by Gasteiger charge is -2.44. The lowest BCUT2D eigenvalue weighted by atomic mass is 9.70. The van der Waals surface area contributed by atoms with Crippen LogP contribution >= 0.6 is 28.1 Å². The number of ketones is 1. The van der Waals surface area contributed by atoms with Crippen molar-refractivity contribution in [2.24, 2.45) is 35.5 Å². The van der Waals surface area contributed by atoms with E-state index in [1.807, 2.05) is 45.0 Å². The van der Waals surface area contributed by atoms with E-state index in [2.05, 4.69) is 33.1 Å². The second-order valence-corrected chi connectivity index (χ2v) is 17.9. The third-order valence-corrected chi connectivity index (χ3v) is 14.5. The second kappa shape index (κ2) is 20.0. The molecule has 13 nitrogen and oxygen atoms in total. The Morgan fingerprint density at radius 2 is 1.70 bits per heavy atom. The van der Waals surface area contributed by atoms with E-state index < -0.39 is 36.6 Å². The van der Waals surface area contributed by atoms with Crippen LogP contribution in [0.2, 0.25) is 0 Å². The summed E-state index contributed by atoms with van der Waals surface area (Å²) in [5.74, 6) is -0.858. The van der Waals surface area contributed by atoms with Crippen LogP contribution in [0, 0.1) is 35.5 Å². The van der Waals surface area contributed by atoms with Gasteiger partial charge >= 0.3 is 5.97 Å². The molecule has 1 aromatic carbocycles. The first kappa shape index (κ1) is 45.0. The Morgan fingerprint density at radius 3 is 2.37 bits per heavy atom. The molecule has 2 aromatic rings. The van der Waals surface area contributed by atoms with Crippen LogP contribution in [0.25, 0.3) is 0 Å². The van der Waals surface area contributed by atoms with Crippen molar-refractivity contribution in [1.82, 2.24) is 9.55 Å². The van der Waals surface area contributed by atoms with Gasteiger partial charge < -0.3 is 42.6 Å². The van der Waals surface area contributed by atoms with E-state index in [1.54, 1.807) is 51.7 Å². The van der Waals surface area contributed by atoms with Crippen molar-refractivity contribution in [1.29, 1.82) is 0 Å². The predicted molar refractivity (Wildman–Crippen MR) is 228 cm³/mol. The zero-order chi connectivity index (χ0) is 42.7. The number of hydrogen-bond acceptors (Lipinski definition) is 13. The van der Waals surface area contributed by atoms with Gasteiger partial charge in [0.05, 0.1) is 38.4 Å². The first-order valence-electron chi connectivity index (χ1n) is 21.1. The van der Waals surface area contributed by atoms with E-state index in [4.69, 9.17) is 54.8 Å². The monoisotopic (exact) mass is 914 g/mol. The van der Waals surface area contributed by atoms with Crippen molar-refractivity contribution in [3.05, 3.63) is 70.8 Å². The van der Waals surface area contributed by atoms with Crippen molar-refractivity contribution < 1.29 is 52.2 Å². The number of hydrogen-bond donors (Lipinski definition) is 0. The normalized spacial score (nSPS) is 37.0. The molecule has 3 heterocycles.